The van der Waals surface area contributed by atoms with Crippen LogP contribution in [0.3, 0.4) is 0 Å². The highest BCUT2D eigenvalue weighted by Gasteiger charge is 2.13. The van der Waals surface area contributed by atoms with Crippen molar-refractivity contribution in [3.8, 4) is 0 Å². The molecule has 0 aliphatic rings. The maximum Gasteiger partial charge on any atom is 0.340 e. The number of hydrogen-bond acceptors (Lipinski definition) is 5. The van der Waals surface area contributed by atoms with Gasteiger partial charge in [-0.3, -0.25) is 0 Å². The standard InChI is InChI=1S/C14H13BrClN3O2/c1-2-21-14(20)9-6-13(18-7-11(9)17)19-12-5-8(16)3-4-10(12)15/h3-7H,2,17H2,1H3,(H,18,19). The Balaban J connectivity index is 2.31. The van der Waals surface area contributed by atoms with E-state index in [1.165, 1.54) is 6.20 Å². The molecule has 0 bridgehead atoms. The smallest absolute Gasteiger partial charge is 0.340 e. The van der Waals surface area contributed by atoms with Crippen molar-refractivity contribution in [1.29, 1.82) is 0 Å². The van der Waals surface area contributed by atoms with Crippen molar-refractivity contribution in [2.24, 2.45) is 0 Å². The minimum atomic E-state index is -0.481. The van der Waals surface area contributed by atoms with E-state index >= 15 is 0 Å². The van der Waals surface area contributed by atoms with Crippen LogP contribution in [0.1, 0.15) is 17.3 Å². The third-order valence-electron chi connectivity index (χ3n) is 2.62. The van der Waals surface area contributed by atoms with E-state index in [4.69, 9.17) is 22.1 Å². The number of nitrogens with two attached hydrogens (primary N) is 1. The lowest BCUT2D eigenvalue weighted by molar-refractivity contribution is 0.0527. The largest absolute Gasteiger partial charge is 0.462 e. The number of rotatable bonds is 4. The van der Waals surface area contributed by atoms with Gasteiger partial charge in [0.25, 0.3) is 0 Å². The van der Waals surface area contributed by atoms with E-state index in [2.05, 4.69) is 26.2 Å². The van der Waals surface area contributed by atoms with Gasteiger partial charge in [-0.15, -0.1) is 0 Å². The molecule has 0 spiro atoms. The van der Waals surface area contributed by atoms with Crippen LogP contribution in [0.15, 0.2) is 34.9 Å². The second kappa shape index (κ2) is 6.78. The highest BCUT2D eigenvalue weighted by molar-refractivity contribution is 9.10. The summed E-state index contributed by atoms with van der Waals surface area (Å²) in [5.41, 5.74) is 7.02. The van der Waals surface area contributed by atoms with Crippen molar-refractivity contribution < 1.29 is 9.53 Å². The molecule has 0 saturated heterocycles. The number of halogens is 2. The van der Waals surface area contributed by atoms with Gasteiger partial charge >= 0.3 is 5.97 Å². The van der Waals surface area contributed by atoms with Crippen molar-refractivity contribution in [3.05, 3.63) is 45.5 Å². The van der Waals surface area contributed by atoms with Crippen molar-refractivity contribution in [2.45, 2.75) is 6.92 Å². The van der Waals surface area contributed by atoms with Crippen LogP contribution >= 0.6 is 27.5 Å². The van der Waals surface area contributed by atoms with Crippen LogP contribution in [0.2, 0.25) is 5.02 Å². The lowest BCUT2D eigenvalue weighted by Crippen LogP contribution is -2.09. The number of benzene rings is 1. The molecular formula is C14H13BrClN3O2. The number of nitrogens with one attached hydrogen (secondary N) is 1. The molecule has 3 N–H and O–H groups in total. The first-order chi connectivity index (χ1) is 10.0. The molecule has 0 atom stereocenters. The number of carbonyl (C=O) groups excluding carboxylic acids is 1. The third kappa shape index (κ3) is 3.86. The number of pyridine rings is 1. The van der Waals surface area contributed by atoms with E-state index < -0.39 is 5.97 Å². The van der Waals surface area contributed by atoms with E-state index in [0.717, 1.165) is 10.2 Å². The van der Waals surface area contributed by atoms with E-state index in [0.29, 0.717) is 10.8 Å². The fourth-order valence-corrected chi connectivity index (χ4v) is 2.17. The predicted molar refractivity (Wildman–Crippen MR) is 87.0 cm³/mol. The molecule has 0 aliphatic carbocycles. The first-order valence-corrected chi connectivity index (χ1v) is 7.33. The van der Waals surface area contributed by atoms with Crippen LogP contribution in [-0.2, 0) is 4.74 Å². The maximum atomic E-state index is 11.8. The van der Waals surface area contributed by atoms with Crippen molar-refractivity contribution >= 4 is 50.7 Å². The minimum absolute atomic E-state index is 0.268. The molecule has 0 unspecified atom stereocenters. The number of nitrogens with zero attached hydrogens (tertiary/aromatic N) is 1. The second-order valence-electron chi connectivity index (χ2n) is 4.13. The summed E-state index contributed by atoms with van der Waals surface area (Å²) in [4.78, 5) is 15.9. The Morgan fingerprint density at radius 3 is 2.95 bits per heavy atom. The van der Waals surface area contributed by atoms with Crippen molar-refractivity contribution in [3.63, 3.8) is 0 Å². The Kier molecular flexibility index (Phi) is 5.03. The van der Waals surface area contributed by atoms with Gasteiger partial charge in [-0.1, -0.05) is 11.6 Å². The molecule has 5 nitrogen and oxygen atoms in total. The van der Waals surface area contributed by atoms with Crippen LogP contribution in [0.5, 0.6) is 0 Å². The summed E-state index contributed by atoms with van der Waals surface area (Å²) in [6.45, 7) is 2.01. The fraction of sp³-hybridized carbons (Fsp3) is 0.143. The normalized spacial score (nSPS) is 10.2. The Labute approximate surface area is 135 Å². The van der Waals surface area contributed by atoms with Gasteiger partial charge in [-0.25, -0.2) is 9.78 Å². The first kappa shape index (κ1) is 15.6. The number of carbonyl (C=O) groups is 1. The zero-order valence-electron chi connectivity index (χ0n) is 11.2. The number of hydrogen-bond donors (Lipinski definition) is 2. The summed E-state index contributed by atoms with van der Waals surface area (Å²) in [6.07, 6.45) is 1.41. The Hall–Kier alpha value is -1.79. The molecule has 1 aromatic carbocycles. The van der Waals surface area contributed by atoms with Gasteiger partial charge in [0, 0.05) is 9.50 Å². The van der Waals surface area contributed by atoms with Crippen LogP contribution in [0, 0.1) is 0 Å². The molecule has 0 aliphatic heterocycles. The van der Waals surface area contributed by atoms with E-state index in [1.54, 1.807) is 25.1 Å². The predicted octanol–water partition coefficient (Wildman–Crippen LogP) is 4.00. The molecular weight excluding hydrogens is 358 g/mol. The lowest BCUT2D eigenvalue weighted by atomic mass is 10.2. The van der Waals surface area contributed by atoms with Gasteiger partial charge < -0.3 is 15.8 Å². The average Bonchev–Trinajstić information content (AvgIpc) is 2.45. The highest BCUT2D eigenvalue weighted by Crippen LogP contribution is 2.29. The molecule has 2 rings (SSSR count). The molecule has 0 amide bonds. The number of nitrogen functional groups attached to an aromatic ring is 1. The topological polar surface area (TPSA) is 77.2 Å². The number of aromatic nitrogens is 1. The number of anilines is 3. The molecule has 0 fully saturated rings. The SMILES string of the molecule is CCOC(=O)c1cc(Nc2cc(Cl)ccc2Br)ncc1N. The van der Waals surface area contributed by atoms with Crippen LogP contribution in [0.4, 0.5) is 17.2 Å². The average molecular weight is 371 g/mol. The van der Waals surface area contributed by atoms with Gasteiger partial charge in [-0.2, -0.15) is 0 Å². The number of ether oxygens (including phenoxy) is 1. The van der Waals surface area contributed by atoms with Gasteiger partial charge in [-0.05, 0) is 47.1 Å². The van der Waals surface area contributed by atoms with Crippen molar-refractivity contribution in [1.82, 2.24) is 4.98 Å². The van der Waals surface area contributed by atoms with Gasteiger partial charge in [0.05, 0.1) is 29.7 Å². The summed E-state index contributed by atoms with van der Waals surface area (Å²) in [7, 11) is 0. The molecule has 0 saturated carbocycles. The maximum absolute atomic E-state index is 11.8. The summed E-state index contributed by atoms with van der Waals surface area (Å²) in [5.74, 6) is -0.0131. The van der Waals surface area contributed by atoms with E-state index in [1.807, 2.05) is 6.07 Å². The van der Waals surface area contributed by atoms with Gasteiger partial charge in [0.1, 0.15) is 5.82 Å². The van der Waals surface area contributed by atoms with Gasteiger partial charge in [0.2, 0.25) is 0 Å². The first-order valence-electron chi connectivity index (χ1n) is 6.16. The molecule has 0 radical (unpaired) electrons. The Bertz CT molecular complexity index is 679. The quantitative estimate of drug-likeness (QED) is 0.795. The van der Waals surface area contributed by atoms with Crippen LogP contribution in [-0.4, -0.2) is 17.6 Å². The van der Waals surface area contributed by atoms with E-state index in [9.17, 15) is 4.79 Å². The minimum Gasteiger partial charge on any atom is -0.462 e. The van der Waals surface area contributed by atoms with Crippen molar-refractivity contribution in [2.75, 3.05) is 17.7 Å². The van der Waals surface area contributed by atoms with Gasteiger partial charge in [0.15, 0.2) is 0 Å². The van der Waals surface area contributed by atoms with Crippen LogP contribution < -0.4 is 11.1 Å². The molecule has 1 heterocycles. The van der Waals surface area contributed by atoms with E-state index in [-0.39, 0.29) is 17.9 Å². The fourth-order valence-electron chi connectivity index (χ4n) is 1.65. The summed E-state index contributed by atoms with van der Waals surface area (Å²) in [6, 6.07) is 6.86. The second-order valence-corrected chi connectivity index (χ2v) is 5.42. The molecule has 2 aromatic rings. The third-order valence-corrected chi connectivity index (χ3v) is 3.55. The molecule has 110 valence electrons. The zero-order chi connectivity index (χ0) is 15.4. The molecule has 1 aromatic heterocycles. The molecule has 7 heteroatoms. The highest BCUT2D eigenvalue weighted by atomic mass is 79.9. The van der Waals surface area contributed by atoms with Crippen LogP contribution in [0.25, 0.3) is 0 Å². The lowest BCUT2D eigenvalue weighted by Gasteiger charge is -2.11. The summed E-state index contributed by atoms with van der Waals surface area (Å²) >= 11 is 9.37. The Morgan fingerprint density at radius 1 is 1.48 bits per heavy atom. The summed E-state index contributed by atoms with van der Waals surface area (Å²) < 4.78 is 5.77. The summed E-state index contributed by atoms with van der Waals surface area (Å²) in [5, 5.41) is 3.66. The molecule has 21 heavy (non-hydrogen) atoms. The number of esters is 1. The zero-order valence-corrected chi connectivity index (χ0v) is 13.5. The Morgan fingerprint density at radius 2 is 2.24 bits per heavy atom. The monoisotopic (exact) mass is 369 g/mol.